The molecule has 2 aromatic carbocycles. The van der Waals surface area contributed by atoms with Crippen molar-refractivity contribution in [2.24, 2.45) is 0 Å². The van der Waals surface area contributed by atoms with Gasteiger partial charge in [0.05, 0.1) is 27.8 Å². The molecule has 1 atom stereocenters. The first-order valence-electron chi connectivity index (χ1n) is 7.71. The molecule has 0 heterocycles. The first kappa shape index (κ1) is 21.6. The molecule has 146 valence electrons. The minimum Gasteiger partial charge on any atom is -0.383 e. The summed E-state index contributed by atoms with van der Waals surface area (Å²) < 4.78 is 46.0. The van der Waals surface area contributed by atoms with E-state index in [-0.39, 0.29) is 27.8 Å². The number of benzene rings is 2. The van der Waals surface area contributed by atoms with Crippen LogP contribution < -0.4 is 10.0 Å². The summed E-state index contributed by atoms with van der Waals surface area (Å²) >= 11 is 11.7. The van der Waals surface area contributed by atoms with Crippen molar-refractivity contribution in [2.45, 2.75) is 17.9 Å². The zero-order valence-electron chi connectivity index (χ0n) is 14.4. The molecule has 2 aromatic rings. The summed E-state index contributed by atoms with van der Waals surface area (Å²) in [6.45, 7) is 1.78. The van der Waals surface area contributed by atoms with Crippen LogP contribution in [-0.2, 0) is 14.8 Å². The van der Waals surface area contributed by atoms with E-state index in [0.29, 0.717) is 5.02 Å². The molecule has 1 amide bonds. The van der Waals surface area contributed by atoms with Gasteiger partial charge in [0, 0.05) is 18.2 Å². The van der Waals surface area contributed by atoms with E-state index >= 15 is 0 Å². The lowest BCUT2D eigenvalue weighted by Crippen LogP contribution is -2.35. The molecule has 0 aromatic heterocycles. The van der Waals surface area contributed by atoms with Crippen LogP contribution in [0.1, 0.15) is 17.3 Å². The summed E-state index contributed by atoms with van der Waals surface area (Å²) in [4.78, 5) is 12.0. The number of amides is 1. The Bertz CT molecular complexity index is 954. The van der Waals surface area contributed by atoms with Gasteiger partial charge in [0.2, 0.25) is 10.0 Å². The number of ether oxygens (including phenoxy) is 1. The maximum atomic E-state index is 14.3. The molecule has 0 fully saturated rings. The standard InChI is InChI=1S/C17H17Cl2FN2O4S/c1-10(9-26-2)22-27(24,25)12-4-6-16(15(20)8-12)21-17(23)13-5-3-11(18)7-14(13)19/h3-8,10,22H,9H2,1-2H3,(H,21,23)/t10-/m1/s1. The molecule has 27 heavy (non-hydrogen) atoms. The number of sulfonamides is 1. The van der Waals surface area contributed by atoms with Gasteiger partial charge in [0.15, 0.2) is 0 Å². The van der Waals surface area contributed by atoms with Crippen molar-refractivity contribution < 1.29 is 22.3 Å². The van der Waals surface area contributed by atoms with Crippen molar-refractivity contribution in [2.75, 3.05) is 19.0 Å². The molecular weight excluding hydrogens is 418 g/mol. The lowest BCUT2D eigenvalue weighted by molar-refractivity contribution is 0.102. The van der Waals surface area contributed by atoms with Gasteiger partial charge in [-0.15, -0.1) is 0 Å². The van der Waals surface area contributed by atoms with Gasteiger partial charge in [-0.1, -0.05) is 23.2 Å². The number of hydrogen-bond acceptors (Lipinski definition) is 4. The highest BCUT2D eigenvalue weighted by atomic mass is 35.5. The summed E-state index contributed by atoms with van der Waals surface area (Å²) in [5.41, 5.74) is -0.0814. The van der Waals surface area contributed by atoms with Crippen LogP contribution in [0, 0.1) is 5.82 Å². The van der Waals surface area contributed by atoms with Crippen molar-refractivity contribution in [3.63, 3.8) is 0 Å². The first-order valence-corrected chi connectivity index (χ1v) is 9.95. The molecule has 0 aliphatic carbocycles. The maximum absolute atomic E-state index is 14.3. The summed E-state index contributed by atoms with van der Waals surface area (Å²) in [6, 6.07) is 6.93. The largest absolute Gasteiger partial charge is 0.383 e. The van der Waals surface area contributed by atoms with Crippen LogP contribution in [0.3, 0.4) is 0 Å². The Balaban J connectivity index is 2.20. The van der Waals surface area contributed by atoms with Crippen LogP contribution in [-0.4, -0.2) is 34.1 Å². The van der Waals surface area contributed by atoms with Gasteiger partial charge in [-0.3, -0.25) is 4.79 Å². The number of carbonyl (C=O) groups is 1. The third-order valence-corrected chi connectivity index (χ3v) is 5.58. The van der Waals surface area contributed by atoms with Gasteiger partial charge in [0.25, 0.3) is 5.91 Å². The van der Waals surface area contributed by atoms with Gasteiger partial charge >= 0.3 is 0 Å². The van der Waals surface area contributed by atoms with Crippen LogP contribution in [0.25, 0.3) is 0 Å². The van der Waals surface area contributed by atoms with E-state index in [1.54, 1.807) is 6.92 Å². The predicted octanol–water partition coefficient (Wildman–Crippen LogP) is 3.70. The first-order chi connectivity index (χ1) is 12.6. The second-order valence-corrected chi connectivity index (χ2v) is 8.26. The van der Waals surface area contributed by atoms with Gasteiger partial charge in [-0.2, -0.15) is 0 Å². The normalized spacial score (nSPS) is 12.6. The van der Waals surface area contributed by atoms with E-state index in [2.05, 4.69) is 10.0 Å². The van der Waals surface area contributed by atoms with Crippen molar-refractivity contribution in [1.29, 1.82) is 0 Å². The average Bonchev–Trinajstić information content (AvgIpc) is 2.56. The smallest absolute Gasteiger partial charge is 0.257 e. The maximum Gasteiger partial charge on any atom is 0.257 e. The van der Waals surface area contributed by atoms with E-state index < -0.39 is 27.8 Å². The van der Waals surface area contributed by atoms with Gasteiger partial charge in [0.1, 0.15) is 5.82 Å². The number of nitrogens with one attached hydrogen (secondary N) is 2. The fourth-order valence-corrected chi connectivity index (χ4v) is 3.98. The molecule has 0 bridgehead atoms. The molecule has 0 saturated heterocycles. The number of rotatable bonds is 7. The van der Waals surface area contributed by atoms with Gasteiger partial charge in [-0.05, 0) is 43.3 Å². The number of methoxy groups -OCH3 is 1. The van der Waals surface area contributed by atoms with E-state index in [1.165, 1.54) is 31.4 Å². The summed E-state index contributed by atoms with van der Waals surface area (Å²) in [5.74, 6) is -1.56. The fraction of sp³-hybridized carbons (Fsp3) is 0.235. The van der Waals surface area contributed by atoms with Crippen molar-refractivity contribution in [3.8, 4) is 0 Å². The Labute approximate surface area is 166 Å². The minimum atomic E-state index is -3.93. The van der Waals surface area contributed by atoms with E-state index in [1.807, 2.05) is 0 Å². The fourth-order valence-electron chi connectivity index (χ4n) is 2.24. The Morgan fingerprint density at radius 1 is 1.22 bits per heavy atom. The van der Waals surface area contributed by atoms with Crippen LogP contribution in [0.2, 0.25) is 10.0 Å². The highest BCUT2D eigenvalue weighted by molar-refractivity contribution is 7.89. The number of anilines is 1. The Morgan fingerprint density at radius 3 is 2.52 bits per heavy atom. The minimum absolute atomic E-state index is 0.104. The quantitative estimate of drug-likeness (QED) is 0.695. The molecule has 0 unspecified atom stereocenters. The number of carbonyl (C=O) groups excluding carboxylic acids is 1. The van der Waals surface area contributed by atoms with Crippen LogP contribution in [0.5, 0.6) is 0 Å². The van der Waals surface area contributed by atoms with Crippen LogP contribution in [0.15, 0.2) is 41.3 Å². The van der Waals surface area contributed by atoms with Crippen molar-refractivity contribution >= 4 is 44.8 Å². The zero-order chi connectivity index (χ0) is 20.2. The van der Waals surface area contributed by atoms with Gasteiger partial charge < -0.3 is 10.1 Å². The topological polar surface area (TPSA) is 84.5 Å². The lowest BCUT2D eigenvalue weighted by Gasteiger charge is -2.14. The molecule has 2 rings (SSSR count). The molecular formula is C17H17Cl2FN2O4S. The van der Waals surface area contributed by atoms with E-state index in [9.17, 15) is 17.6 Å². The molecule has 0 radical (unpaired) electrons. The predicted molar refractivity (Wildman–Crippen MR) is 102 cm³/mol. The number of hydrogen-bond donors (Lipinski definition) is 2. The lowest BCUT2D eigenvalue weighted by atomic mass is 10.2. The van der Waals surface area contributed by atoms with Gasteiger partial charge in [-0.25, -0.2) is 17.5 Å². The Morgan fingerprint density at radius 2 is 1.93 bits per heavy atom. The number of halogens is 3. The van der Waals surface area contributed by atoms with Crippen LogP contribution >= 0.6 is 23.2 Å². The Kier molecular flexibility index (Phi) is 7.19. The molecule has 6 nitrogen and oxygen atoms in total. The molecule has 2 N–H and O–H groups in total. The second-order valence-electron chi connectivity index (χ2n) is 5.70. The average molecular weight is 435 g/mol. The molecule has 0 spiro atoms. The third-order valence-electron chi connectivity index (χ3n) is 3.45. The van der Waals surface area contributed by atoms with E-state index in [4.69, 9.17) is 27.9 Å². The van der Waals surface area contributed by atoms with Crippen molar-refractivity contribution in [3.05, 3.63) is 57.8 Å². The second kappa shape index (κ2) is 8.99. The summed E-state index contributed by atoms with van der Waals surface area (Å²) in [5, 5.41) is 2.81. The zero-order valence-corrected chi connectivity index (χ0v) is 16.8. The van der Waals surface area contributed by atoms with E-state index in [0.717, 1.165) is 12.1 Å². The third kappa shape index (κ3) is 5.63. The van der Waals surface area contributed by atoms with Crippen molar-refractivity contribution in [1.82, 2.24) is 4.72 Å². The molecule has 0 saturated carbocycles. The SMILES string of the molecule is COC[C@@H](C)NS(=O)(=O)c1ccc(NC(=O)c2ccc(Cl)cc2Cl)c(F)c1. The summed E-state index contributed by atoms with van der Waals surface area (Å²) in [6.07, 6.45) is 0. The Hall–Kier alpha value is -1.71. The molecule has 0 aliphatic heterocycles. The van der Waals surface area contributed by atoms with Crippen LogP contribution in [0.4, 0.5) is 10.1 Å². The molecule has 0 aliphatic rings. The molecule has 10 heteroatoms. The highest BCUT2D eigenvalue weighted by Crippen LogP contribution is 2.24. The monoisotopic (exact) mass is 434 g/mol. The summed E-state index contributed by atoms with van der Waals surface area (Å²) in [7, 11) is -2.49. The highest BCUT2D eigenvalue weighted by Gasteiger charge is 2.20.